The minimum absolute atomic E-state index is 0.113. The molecule has 1 saturated carbocycles. The Kier molecular flexibility index (Phi) is 2.12. The number of nitrogens with one attached hydrogen (secondary N) is 1. The van der Waals surface area contributed by atoms with E-state index in [1.165, 1.54) is 24.4 Å². The Bertz CT molecular complexity index is 1590. The maximum absolute atomic E-state index is 12.8. The van der Waals surface area contributed by atoms with Crippen molar-refractivity contribution in [1.29, 1.82) is 0 Å². The van der Waals surface area contributed by atoms with Gasteiger partial charge in [-0.05, 0) is 62.8 Å². The molecule has 1 N–H and O–H groups in total. The molecule has 2 aliphatic rings. The molecule has 1 aromatic rings. The molecule has 156 valence electrons. The first-order valence-electron chi connectivity index (χ1n) is 20.4. The molecule has 2 fully saturated rings. The van der Waals surface area contributed by atoms with Gasteiger partial charge in [0, 0.05) is 73.4 Å². The second-order valence-electron chi connectivity index (χ2n) is 5.50. The van der Waals surface area contributed by atoms with Crippen LogP contribution in [0.5, 0.6) is 0 Å². The van der Waals surface area contributed by atoms with E-state index in [2.05, 4.69) is 0 Å². The van der Waals surface area contributed by atoms with Crippen molar-refractivity contribution in [2.24, 2.45) is 5.89 Å². The number of carbonyl (C=O) groups is 1. The molecule has 1 aliphatic heterocycles. The molecule has 0 unspecified atom stereocenters. The van der Waals surface area contributed by atoms with Crippen LogP contribution in [0.1, 0.15) is 71.7 Å². The predicted molar refractivity (Wildman–Crippen MR) is 117 cm³/mol. The first-order chi connectivity index (χ1) is 23.0. The van der Waals surface area contributed by atoms with Crippen LogP contribution in [0.15, 0.2) is 18.2 Å². The third kappa shape index (κ3) is 5.54. The molecule has 0 atom stereocenters. The van der Waals surface area contributed by atoms with Crippen molar-refractivity contribution in [3.8, 4) is 0 Å². The van der Waals surface area contributed by atoms with Gasteiger partial charge in [0.05, 0.1) is 17.6 Å². The molecule has 28 heavy (non-hydrogen) atoms. The van der Waals surface area contributed by atoms with Crippen LogP contribution < -0.4 is 10.2 Å². The van der Waals surface area contributed by atoms with Gasteiger partial charge in [-0.1, -0.05) is 23.7 Å². The lowest BCUT2D eigenvalue weighted by Crippen LogP contribution is -2.47. The average molecular weight is 432 g/mol. The summed E-state index contributed by atoms with van der Waals surface area (Å²) >= 11 is 6.28. The highest BCUT2D eigenvalue weighted by Gasteiger charge is 2.24. The van der Waals surface area contributed by atoms with E-state index < -0.39 is 105 Å². The van der Waals surface area contributed by atoms with Crippen molar-refractivity contribution in [1.82, 2.24) is 15.1 Å². The van der Waals surface area contributed by atoms with Crippen LogP contribution in [0.3, 0.4) is 0 Å². The number of piperazine rings is 1. The summed E-state index contributed by atoms with van der Waals surface area (Å²) < 4.78 is 214. The lowest BCUT2D eigenvalue weighted by molar-refractivity contribution is 0.194. The minimum Gasteiger partial charge on any atom is -0.368 e. The standard InChI is InChI=1S/C22H35ClN4O/c1-17-5-4-6-20(21(17)23)27-15-13-26(14-16-27)12-11-18-7-9-19(10-8-18)24-22(28)25(2)3/h4-6,18-19H,7-16H2,1-3H3,(H,24,28)/i2D3,7D2,8D2,9D2,10D2,11D2,12D2,13D2,14D2,15D2,16D2,18D,19D. The van der Waals surface area contributed by atoms with E-state index in [4.69, 9.17) is 45.9 Å². The van der Waals surface area contributed by atoms with Gasteiger partial charge in [0.15, 0.2) is 0 Å². The molecule has 1 aromatic carbocycles. The van der Waals surface area contributed by atoms with Gasteiger partial charge in [-0.2, -0.15) is 0 Å². The molecule has 3 rings (SSSR count). The van der Waals surface area contributed by atoms with Gasteiger partial charge in [0.25, 0.3) is 0 Å². The van der Waals surface area contributed by atoms with Gasteiger partial charge in [0.1, 0.15) is 0 Å². The number of halogens is 1. The first kappa shape index (κ1) is 6.04. The number of aryl methyl sites for hydroxylation is 1. The zero-order chi connectivity index (χ0) is 42.4. The molecule has 5 nitrogen and oxygen atoms in total. The van der Waals surface area contributed by atoms with Crippen LogP contribution in [-0.2, 0) is 0 Å². The number of carbonyl (C=O) groups excluding carboxylic acids is 1. The molecule has 0 spiro atoms. The van der Waals surface area contributed by atoms with E-state index in [9.17, 15) is 4.79 Å². The quantitative estimate of drug-likeness (QED) is 0.765. The Morgan fingerprint density at radius 1 is 1.36 bits per heavy atom. The van der Waals surface area contributed by atoms with Crippen molar-refractivity contribution >= 4 is 23.3 Å². The van der Waals surface area contributed by atoms with Gasteiger partial charge in [-0.15, -0.1) is 0 Å². The van der Waals surface area contributed by atoms with Crippen molar-refractivity contribution in [2.45, 2.75) is 44.8 Å². The number of amides is 2. The Morgan fingerprint density at radius 3 is 2.75 bits per heavy atom. The van der Waals surface area contributed by atoms with E-state index in [0.29, 0.717) is 7.05 Å². The molecular formula is C22H35ClN4O. The molecule has 0 aromatic heterocycles. The Hall–Kier alpha value is -1.46. The van der Waals surface area contributed by atoms with Crippen molar-refractivity contribution in [2.75, 3.05) is 51.4 Å². The van der Waals surface area contributed by atoms with Crippen molar-refractivity contribution < 1.29 is 39.1 Å². The molecule has 0 bridgehead atoms. The Balaban J connectivity index is 2.41. The monoisotopic (exact) mass is 431 g/mol. The third-order valence-electron chi connectivity index (χ3n) is 3.41. The summed E-state index contributed by atoms with van der Waals surface area (Å²) in [6, 6.07) is -2.74. The topological polar surface area (TPSA) is 38.8 Å². The summed E-state index contributed by atoms with van der Waals surface area (Å²) in [5.74, 6) is -4.95. The fourth-order valence-electron chi connectivity index (χ4n) is 1.98. The first-order valence-corrected chi connectivity index (χ1v) is 8.25. The lowest BCUT2D eigenvalue weighted by atomic mass is 9.84. The summed E-state index contributed by atoms with van der Waals surface area (Å²) in [7, 11) is 0.566. The normalized spacial score (nSPS) is 57.8. The van der Waals surface area contributed by atoms with Gasteiger partial charge in [-0.25, -0.2) is 4.79 Å². The highest BCUT2D eigenvalue weighted by molar-refractivity contribution is 6.34. The number of hydrogen-bond donors (Lipinski definition) is 1. The van der Waals surface area contributed by atoms with Crippen LogP contribution in [-0.4, -0.2) is 68.4 Å². The fraction of sp³-hybridized carbons (Fsp3) is 0.682. The second kappa shape index (κ2) is 9.84. The third-order valence-corrected chi connectivity index (χ3v) is 3.91. The molecule has 1 saturated heterocycles. The molecule has 6 heteroatoms. The van der Waals surface area contributed by atoms with Gasteiger partial charge < -0.3 is 15.1 Å². The SMILES string of the molecule is [2H]C([2H])([2H])N(C)C(=O)NC1([2H])C([2H])([2H])C([2H])([2H])C([2H])(C([2H])([2H])C([2H])([2H])N2C([2H])([2H])C([2H])([2H])N(c3cccc(C)c3Cl)C([2H])([2H])C2([2H])[2H])C([2H])([2H])C1([2H])[2H]. The fourth-order valence-corrected chi connectivity index (χ4v) is 2.19. The zero-order valence-corrected chi connectivity index (χ0v) is 15.6. The Labute approximate surface area is 210 Å². The number of rotatable bonds is 5. The largest absolute Gasteiger partial charge is 0.368 e. The minimum atomic E-state index is -5.00. The zero-order valence-electron chi connectivity index (χ0n) is 39.9. The molecule has 2 amide bonds. The summed E-state index contributed by atoms with van der Waals surface area (Å²) in [6.07, 6.45) is -23.6. The number of urea groups is 1. The maximum Gasteiger partial charge on any atom is 0.317 e. The number of benzene rings is 1. The summed E-state index contributed by atoms with van der Waals surface area (Å²) in [5.41, 5.74) is -0.493. The number of hydrogen-bond acceptors (Lipinski definition) is 3. The van der Waals surface area contributed by atoms with E-state index >= 15 is 0 Å². The van der Waals surface area contributed by atoms with Crippen molar-refractivity contribution in [3.63, 3.8) is 0 Å². The van der Waals surface area contributed by atoms with Crippen LogP contribution in [0.25, 0.3) is 0 Å². The van der Waals surface area contributed by atoms with Crippen molar-refractivity contribution in [3.05, 3.63) is 28.8 Å². The van der Waals surface area contributed by atoms with E-state index in [0.717, 1.165) is 6.07 Å². The predicted octanol–water partition coefficient (Wildman–Crippen LogP) is 3.99. The lowest BCUT2D eigenvalue weighted by Gasteiger charge is -2.37. The smallest absolute Gasteiger partial charge is 0.317 e. The molecule has 1 aliphatic carbocycles. The van der Waals surface area contributed by atoms with Gasteiger partial charge in [0.2, 0.25) is 0 Å². The number of nitrogens with zero attached hydrogens (tertiary/aromatic N) is 3. The van der Waals surface area contributed by atoms with Crippen LogP contribution >= 0.6 is 11.6 Å². The highest BCUT2D eigenvalue weighted by atomic mass is 35.5. The summed E-state index contributed by atoms with van der Waals surface area (Å²) in [6.45, 7) is -23.4. The Morgan fingerprint density at radius 2 is 2.07 bits per heavy atom. The maximum atomic E-state index is 12.8. The van der Waals surface area contributed by atoms with Crippen LogP contribution in [0.4, 0.5) is 10.5 Å². The molecule has 0 radical (unpaired) electrons. The summed E-state index contributed by atoms with van der Waals surface area (Å²) in [5, 5.41) is 0.870. The van der Waals surface area contributed by atoms with E-state index in [1.54, 1.807) is 0 Å². The van der Waals surface area contributed by atoms with E-state index in [-0.39, 0.29) is 15.4 Å². The second-order valence-corrected chi connectivity index (χ2v) is 5.88. The molecule has 1 heterocycles. The van der Waals surface area contributed by atoms with Gasteiger partial charge in [-0.3, -0.25) is 4.90 Å². The number of anilines is 1. The highest BCUT2D eigenvalue weighted by Crippen LogP contribution is 2.30. The van der Waals surface area contributed by atoms with Crippen LogP contribution in [0, 0.1) is 12.8 Å². The van der Waals surface area contributed by atoms with Crippen LogP contribution in [0.2, 0.25) is 5.02 Å². The van der Waals surface area contributed by atoms with E-state index in [1.807, 2.05) is 0 Å². The van der Waals surface area contributed by atoms with Gasteiger partial charge >= 0.3 is 6.03 Å². The average Bonchev–Trinajstić information content (AvgIpc) is 2.95. The molecular weight excluding hydrogens is 372 g/mol. The summed E-state index contributed by atoms with van der Waals surface area (Å²) in [4.78, 5) is 11.5.